The van der Waals surface area contributed by atoms with Gasteiger partial charge in [0.25, 0.3) is 10.0 Å². The number of carbonyl (C=O) groups is 1. The van der Waals surface area contributed by atoms with Gasteiger partial charge >= 0.3 is 5.97 Å². The lowest BCUT2D eigenvalue weighted by atomic mass is 10.2. The average molecular weight is 291 g/mol. The maximum atomic E-state index is 12.4. The monoisotopic (exact) mass is 291 g/mol. The van der Waals surface area contributed by atoms with Gasteiger partial charge in [0.05, 0.1) is 0 Å². The molecule has 102 valence electrons. The zero-order valence-electron chi connectivity index (χ0n) is 10.6. The summed E-state index contributed by atoms with van der Waals surface area (Å²) in [6.45, 7) is 5.11. The van der Waals surface area contributed by atoms with E-state index in [-0.39, 0.29) is 16.7 Å². The Hall–Kier alpha value is -0.920. The quantitative estimate of drug-likeness (QED) is 0.867. The smallest absolute Gasteiger partial charge is 0.318 e. The molecule has 0 aliphatic rings. The van der Waals surface area contributed by atoms with Gasteiger partial charge in [-0.3, -0.25) is 4.79 Å². The number of thiophene rings is 1. The molecule has 0 saturated heterocycles. The third kappa shape index (κ3) is 3.54. The molecule has 0 aliphatic heterocycles. The molecule has 0 fully saturated rings. The standard InChI is InChI=1S/C11H17NO4S2/c1-8(2)6-12(7-10(13)14)18(15,16)11-9(3)4-5-17-11/h4-5,8H,6-7H2,1-3H3,(H,13,14). The van der Waals surface area contributed by atoms with Gasteiger partial charge in [0.2, 0.25) is 0 Å². The Morgan fingerprint density at radius 2 is 2.11 bits per heavy atom. The van der Waals surface area contributed by atoms with Crippen molar-refractivity contribution in [2.24, 2.45) is 5.92 Å². The predicted molar refractivity (Wildman–Crippen MR) is 70.3 cm³/mol. The molecular weight excluding hydrogens is 274 g/mol. The van der Waals surface area contributed by atoms with Gasteiger partial charge in [-0.2, -0.15) is 4.31 Å². The van der Waals surface area contributed by atoms with Crippen LogP contribution < -0.4 is 0 Å². The Kier molecular flexibility index (Phi) is 4.89. The summed E-state index contributed by atoms with van der Waals surface area (Å²) in [5, 5.41) is 10.5. The van der Waals surface area contributed by atoms with E-state index in [2.05, 4.69) is 0 Å². The summed E-state index contributed by atoms with van der Waals surface area (Å²) in [5.41, 5.74) is 0.652. The van der Waals surface area contributed by atoms with E-state index < -0.39 is 22.5 Å². The average Bonchev–Trinajstić information content (AvgIpc) is 2.62. The van der Waals surface area contributed by atoms with Gasteiger partial charge in [0.1, 0.15) is 10.8 Å². The molecule has 0 amide bonds. The van der Waals surface area contributed by atoms with Gasteiger partial charge in [-0.15, -0.1) is 11.3 Å². The topological polar surface area (TPSA) is 74.7 Å². The fourth-order valence-electron chi connectivity index (χ4n) is 1.55. The highest BCUT2D eigenvalue weighted by atomic mass is 32.2. The van der Waals surface area contributed by atoms with Gasteiger partial charge in [-0.05, 0) is 29.9 Å². The fraction of sp³-hybridized carbons (Fsp3) is 0.545. The number of sulfonamides is 1. The van der Waals surface area contributed by atoms with Crippen molar-refractivity contribution in [3.8, 4) is 0 Å². The number of nitrogens with zero attached hydrogens (tertiary/aromatic N) is 1. The zero-order chi connectivity index (χ0) is 13.9. The minimum absolute atomic E-state index is 0.0689. The summed E-state index contributed by atoms with van der Waals surface area (Å²) in [6.07, 6.45) is 0. The first-order valence-corrected chi connectivity index (χ1v) is 7.83. The SMILES string of the molecule is Cc1ccsc1S(=O)(=O)N(CC(=O)O)CC(C)C. The van der Waals surface area contributed by atoms with Crippen molar-refractivity contribution in [3.05, 3.63) is 17.0 Å². The van der Waals surface area contributed by atoms with Crippen molar-refractivity contribution >= 4 is 27.3 Å². The van der Waals surface area contributed by atoms with Crippen molar-refractivity contribution in [3.63, 3.8) is 0 Å². The first-order valence-electron chi connectivity index (χ1n) is 5.51. The third-order valence-corrected chi connectivity index (χ3v) is 5.75. The zero-order valence-corrected chi connectivity index (χ0v) is 12.2. The highest BCUT2D eigenvalue weighted by molar-refractivity contribution is 7.91. The van der Waals surface area contributed by atoms with Gasteiger partial charge in [-0.25, -0.2) is 8.42 Å². The Morgan fingerprint density at radius 3 is 2.50 bits per heavy atom. The van der Waals surface area contributed by atoms with E-state index in [9.17, 15) is 13.2 Å². The van der Waals surface area contributed by atoms with Crippen LogP contribution in [0.25, 0.3) is 0 Å². The van der Waals surface area contributed by atoms with E-state index in [1.165, 1.54) is 0 Å². The molecule has 1 rings (SSSR count). The summed E-state index contributed by atoms with van der Waals surface area (Å²) in [4.78, 5) is 10.8. The second-order valence-electron chi connectivity index (χ2n) is 4.48. The molecule has 1 heterocycles. The molecule has 18 heavy (non-hydrogen) atoms. The first kappa shape index (κ1) is 15.1. The van der Waals surface area contributed by atoms with E-state index in [0.29, 0.717) is 5.56 Å². The Morgan fingerprint density at radius 1 is 1.50 bits per heavy atom. The Balaban J connectivity index is 3.11. The van der Waals surface area contributed by atoms with Crippen LogP contribution in [-0.4, -0.2) is 36.9 Å². The molecule has 5 nitrogen and oxygen atoms in total. The molecule has 0 aliphatic carbocycles. The van der Waals surface area contributed by atoms with Crippen LogP contribution >= 0.6 is 11.3 Å². The summed E-state index contributed by atoms with van der Waals surface area (Å²) in [6, 6.07) is 1.71. The number of aliphatic carboxylic acids is 1. The number of hydrogen-bond donors (Lipinski definition) is 1. The predicted octanol–water partition coefficient (Wildman–Crippen LogP) is 1.79. The molecule has 0 aromatic carbocycles. The lowest BCUT2D eigenvalue weighted by Crippen LogP contribution is -2.38. The lowest BCUT2D eigenvalue weighted by Gasteiger charge is -2.21. The molecule has 0 bridgehead atoms. The van der Waals surface area contributed by atoms with Crippen molar-refractivity contribution in [1.82, 2.24) is 4.31 Å². The summed E-state index contributed by atoms with van der Waals surface area (Å²) in [5.74, 6) is -1.08. The van der Waals surface area contributed by atoms with Crippen LogP contribution in [0.4, 0.5) is 0 Å². The molecule has 1 N–H and O–H groups in total. The van der Waals surface area contributed by atoms with E-state index in [4.69, 9.17) is 5.11 Å². The van der Waals surface area contributed by atoms with Gasteiger partial charge in [-0.1, -0.05) is 13.8 Å². The number of carboxylic acids is 1. The van der Waals surface area contributed by atoms with Crippen molar-refractivity contribution in [2.45, 2.75) is 25.0 Å². The van der Waals surface area contributed by atoms with Crippen molar-refractivity contribution < 1.29 is 18.3 Å². The maximum absolute atomic E-state index is 12.4. The van der Waals surface area contributed by atoms with Crippen LogP contribution in [0, 0.1) is 12.8 Å². The summed E-state index contributed by atoms with van der Waals surface area (Å²) >= 11 is 1.12. The molecule has 0 atom stereocenters. The van der Waals surface area contributed by atoms with Crippen molar-refractivity contribution in [1.29, 1.82) is 0 Å². The van der Waals surface area contributed by atoms with Gasteiger partial charge in [0.15, 0.2) is 0 Å². The van der Waals surface area contributed by atoms with Crippen LogP contribution in [0.5, 0.6) is 0 Å². The Bertz CT molecular complexity index is 519. The fourth-order valence-corrected chi connectivity index (χ4v) is 4.65. The molecular formula is C11H17NO4S2. The normalized spacial score (nSPS) is 12.3. The maximum Gasteiger partial charge on any atom is 0.318 e. The minimum atomic E-state index is -3.71. The van der Waals surface area contributed by atoms with Crippen LogP contribution in [0.2, 0.25) is 0 Å². The van der Waals surface area contributed by atoms with Gasteiger partial charge in [0, 0.05) is 6.54 Å². The number of carboxylic acid groups (broad SMARTS) is 1. The molecule has 1 aromatic rings. The molecule has 1 aromatic heterocycles. The lowest BCUT2D eigenvalue weighted by molar-refractivity contribution is -0.137. The number of aryl methyl sites for hydroxylation is 1. The van der Waals surface area contributed by atoms with Crippen LogP contribution in [0.3, 0.4) is 0 Å². The molecule has 7 heteroatoms. The van der Waals surface area contributed by atoms with E-state index in [0.717, 1.165) is 15.6 Å². The highest BCUT2D eigenvalue weighted by Gasteiger charge is 2.29. The first-order chi connectivity index (χ1) is 8.25. The van der Waals surface area contributed by atoms with Crippen LogP contribution in [-0.2, 0) is 14.8 Å². The second kappa shape index (κ2) is 5.81. The molecule has 0 unspecified atom stereocenters. The van der Waals surface area contributed by atoms with Crippen LogP contribution in [0.1, 0.15) is 19.4 Å². The largest absolute Gasteiger partial charge is 0.480 e. The highest BCUT2D eigenvalue weighted by Crippen LogP contribution is 2.25. The van der Waals surface area contributed by atoms with E-state index >= 15 is 0 Å². The molecule has 0 spiro atoms. The Labute approximate surface area is 111 Å². The second-order valence-corrected chi connectivity index (χ2v) is 7.53. The minimum Gasteiger partial charge on any atom is -0.480 e. The third-order valence-electron chi connectivity index (χ3n) is 2.27. The summed E-state index contributed by atoms with van der Waals surface area (Å²) < 4.78 is 26.0. The van der Waals surface area contributed by atoms with E-state index in [1.54, 1.807) is 18.4 Å². The van der Waals surface area contributed by atoms with Crippen LogP contribution in [0.15, 0.2) is 15.7 Å². The van der Waals surface area contributed by atoms with E-state index in [1.807, 2.05) is 13.8 Å². The number of rotatable bonds is 6. The van der Waals surface area contributed by atoms with Gasteiger partial charge < -0.3 is 5.11 Å². The molecule has 0 saturated carbocycles. The van der Waals surface area contributed by atoms with Crippen molar-refractivity contribution in [2.75, 3.05) is 13.1 Å². The molecule has 0 radical (unpaired) electrons. The number of hydrogen-bond acceptors (Lipinski definition) is 4. The summed E-state index contributed by atoms with van der Waals surface area (Å²) in [7, 11) is -3.71.